The van der Waals surface area contributed by atoms with Crippen molar-refractivity contribution in [3.05, 3.63) is 36.0 Å². The molecule has 0 saturated heterocycles. The molecule has 1 aromatic heterocycles. The minimum Gasteiger partial charge on any atom is -0.475 e. The largest absolute Gasteiger partial charge is 0.475 e. The number of anilines is 3. The van der Waals surface area contributed by atoms with E-state index in [0.717, 1.165) is 17.1 Å². The average Bonchev–Trinajstić information content (AvgIpc) is 2.30. The molecule has 1 aromatic carbocycles. The van der Waals surface area contributed by atoms with Crippen LogP contribution in [-0.4, -0.2) is 16.1 Å². The molecule has 0 unspecified atom stereocenters. The molecule has 0 saturated carbocycles. The minimum atomic E-state index is 0.0821. The standard InChI is InChI=1S/C14H18N4O/c1-9(2)19-13-8-10(3)16-14(18-13)17-12-6-4-11(15)5-7-12/h4-9H,15H2,1-3H3,(H,16,17,18). The van der Waals surface area contributed by atoms with Crippen molar-refractivity contribution in [1.82, 2.24) is 9.97 Å². The van der Waals surface area contributed by atoms with Crippen LogP contribution in [0.5, 0.6) is 5.88 Å². The Labute approximate surface area is 112 Å². The first-order valence-corrected chi connectivity index (χ1v) is 6.18. The average molecular weight is 258 g/mol. The highest BCUT2D eigenvalue weighted by Crippen LogP contribution is 2.18. The molecule has 3 N–H and O–H groups in total. The zero-order chi connectivity index (χ0) is 13.8. The van der Waals surface area contributed by atoms with E-state index in [-0.39, 0.29) is 6.10 Å². The van der Waals surface area contributed by atoms with Crippen LogP contribution in [0.4, 0.5) is 17.3 Å². The number of rotatable bonds is 4. The van der Waals surface area contributed by atoms with Gasteiger partial charge >= 0.3 is 0 Å². The topological polar surface area (TPSA) is 73.1 Å². The van der Waals surface area contributed by atoms with Gasteiger partial charge in [-0.25, -0.2) is 4.98 Å². The van der Waals surface area contributed by atoms with Gasteiger partial charge in [0.05, 0.1) is 6.10 Å². The Balaban J connectivity index is 2.19. The highest BCUT2D eigenvalue weighted by molar-refractivity contribution is 5.57. The van der Waals surface area contributed by atoms with Crippen LogP contribution in [0.2, 0.25) is 0 Å². The first-order chi connectivity index (χ1) is 9.02. The highest BCUT2D eigenvalue weighted by Gasteiger charge is 2.05. The van der Waals surface area contributed by atoms with Gasteiger partial charge in [-0.2, -0.15) is 4.98 Å². The lowest BCUT2D eigenvalue weighted by Gasteiger charge is -2.11. The first kappa shape index (κ1) is 13.1. The molecule has 19 heavy (non-hydrogen) atoms. The van der Waals surface area contributed by atoms with E-state index >= 15 is 0 Å². The van der Waals surface area contributed by atoms with Crippen molar-refractivity contribution < 1.29 is 4.74 Å². The number of ether oxygens (including phenoxy) is 1. The summed E-state index contributed by atoms with van der Waals surface area (Å²) in [7, 11) is 0. The van der Waals surface area contributed by atoms with E-state index in [1.807, 2.05) is 51.1 Å². The number of aromatic nitrogens is 2. The number of hydrogen-bond donors (Lipinski definition) is 2. The van der Waals surface area contributed by atoms with Crippen molar-refractivity contribution in [3.8, 4) is 5.88 Å². The van der Waals surface area contributed by atoms with Gasteiger partial charge in [-0.3, -0.25) is 0 Å². The predicted molar refractivity (Wildman–Crippen MR) is 76.7 cm³/mol. The molecular weight excluding hydrogens is 240 g/mol. The van der Waals surface area contributed by atoms with E-state index in [2.05, 4.69) is 15.3 Å². The summed E-state index contributed by atoms with van der Waals surface area (Å²) in [6, 6.07) is 9.22. The van der Waals surface area contributed by atoms with Gasteiger partial charge < -0.3 is 15.8 Å². The number of aryl methyl sites for hydroxylation is 1. The maximum Gasteiger partial charge on any atom is 0.230 e. The molecule has 0 amide bonds. The van der Waals surface area contributed by atoms with Crippen molar-refractivity contribution >= 4 is 17.3 Å². The van der Waals surface area contributed by atoms with Gasteiger partial charge in [-0.1, -0.05) is 0 Å². The van der Waals surface area contributed by atoms with Crippen molar-refractivity contribution in [3.63, 3.8) is 0 Å². The fraction of sp³-hybridized carbons (Fsp3) is 0.286. The van der Waals surface area contributed by atoms with Crippen LogP contribution < -0.4 is 15.8 Å². The molecule has 0 aliphatic carbocycles. The number of nitrogens with one attached hydrogen (secondary N) is 1. The maximum absolute atomic E-state index is 5.64. The Bertz CT molecular complexity index is 552. The number of nitrogens with zero attached hydrogens (tertiary/aromatic N) is 2. The SMILES string of the molecule is Cc1cc(OC(C)C)nc(Nc2ccc(N)cc2)n1. The van der Waals surface area contributed by atoms with Crippen LogP contribution >= 0.6 is 0 Å². The minimum absolute atomic E-state index is 0.0821. The third kappa shape index (κ3) is 3.84. The molecule has 100 valence electrons. The summed E-state index contributed by atoms with van der Waals surface area (Å²) in [5, 5.41) is 3.13. The molecule has 2 rings (SSSR count). The van der Waals surface area contributed by atoms with Crippen molar-refractivity contribution in [2.75, 3.05) is 11.1 Å². The van der Waals surface area contributed by atoms with Gasteiger partial charge in [0.15, 0.2) is 0 Å². The van der Waals surface area contributed by atoms with Gasteiger partial charge in [0.25, 0.3) is 0 Å². The molecule has 0 fully saturated rings. The fourth-order valence-corrected chi connectivity index (χ4v) is 1.59. The Morgan fingerprint density at radius 1 is 1.16 bits per heavy atom. The number of nitrogen functional groups attached to an aromatic ring is 1. The molecule has 5 heteroatoms. The molecule has 0 radical (unpaired) electrons. The van der Waals surface area contributed by atoms with Crippen LogP contribution in [0.15, 0.2) is 30.3 Å². The lowest BCUT2D eigenvalue weighted by molar-refractivity contribution is 0.232. The first-order valence-electron chi connectivity index (χ1n) is 6.18. The van der Waals surface area contributed by atoms with E-state index in [1.165, 1.54) is 0 Å². The Hall–Kier alpha value is -2.30. The van der Waals surface area contributed by atoms with Crippen LogP contribution in [0.25, 0.3) is 0 Å². The van der Waals surface area contributed by atoms with Gasteiger partial charge in [0.1, 0.15) is 0 Å². The summed E-state index contributed by atoms with van der Waals surface area (Å²) in [6.45, 7) is 5.83. The second-order valence-electron chi connectivity index (χ2n) is 4.58. The van der Waals surface area contributed by atoms with Crippen molar-refractivity contribution in [2.24, 2.45) is 0 Å². The Morgan fingerprint density at radius 3 is 2.47 bits per heavy atom. The lowest BCUT2D eigenvalue weighted by Crippen LogP contribution is -2.09. The molecule has 1 heterocycles. The number of benzene rings is 1. The summed E-state index contributed by atoms with van der Waals surface area (Å²) in [6.07, 6.45) is 0.0821. The molecule has 0 spiro atoms. The second kappa shape index (κ2) is 5.56. The summed E-state index contributed by atoms with van der Waals surface area (Å²) in [5.74, 6) is 1.08. The fourth-order valence-electron chi connectivity index (χ4n) is 1.59. The van der Waals surface area contributed by atoms with Gasteiger partial charge in [-0.05, 0) is 45.0 Å². The van der Waals surface area contributed by atoms with Gasteiger partial charge in [-0.15, -0.1) is 0 Å². The third-order valence-corrected chi connectivity index (χ3v) is 2.35. The zero-order valence-corrected chi connectivity index (χ0v) is 11.3. The molecule has 2 aromatic rings. The maximum atomic E-state index is 5.64. The summed E-state index contributed by atoms with van der Waals surface area (Å²) < 4.78 is 5.58. The van der Waals surface area contributed by atoms with Gasteiger partial charge in [0.2, 0.25) is 11.8 Å². The van der Waals surface area contributed by atoms with Crippen LogP contribution in [0.3, 0.4) is 0 Å². The van der Waals surface area contributed by atoms with Crippen molar-refractivity contribution in [1.29, 1.82) is 0 Å². The number of hydrogen-bond acceptors (Lipinski definition) is 5. The quantitative estimate of drug-likeness (QED) is 0.825. The molecule has 0 atom stereocenters. The van der Waals surface area contributed by atoms with E-state index in [1.54, 1.807) is 0 Å². The molecule has 5 nitrogen and oxygen atoms in total. The smallest absolute Gasteiger partial charge is 0.230 e. The normalized spacial score (nSPS) is 10.5. The lowest BCUT2D eigenvalue weighted by atomic mass is 10.3. The Kier molecular flexibility index (Phi) is 3.85. The third-order valence-electron chi connectivity index (χ3n) is 2.35. The Morgan fingerprint density at radius 2 is 1.84 bits per heavy atom. The number of nitrogens with two attached hydrogens (primary N) is 1. The van der Waals surface area contributed by atoms with E-state index < -0.39 is 0 Å². The van der Waals surface area contributed by atoms with Gasteiger partial charge in [0, 0.05) is 23.1 Å². The van der Waals surface area contributed by atoms with E-state index in [0.29, 0.717) is 11.8 Å². The molecule has 0 aliphatic heterocycles. The molecular formula is C14H18N4O. The van der Waals surface area contributed by atoms with Crippen LogP contribution in [-0.2, 0) is 0 Å². The summed E-state index contributed by atoms with van der Waals surface area (Å²) >= 11 is 0. The van der Waals surface area contributed by atoms with Crippen LogP contribution in [0, 0.1) is 6.92 Å². The van der Waals surface area contributed by atoms with Crippen molar-refractivity contribution in [2.45, 2.75) is 26.9 Å². The van der Waals surface area contributed by atoms with E-state index in [4.69, 9.17) is 10.5 Å². The molecule has 0 bridgehead atoms. The summed E-state index contributed by atoms with van der Waals surface area (Å²) in [5.41, 5.74) is 8.10. The van der Waals surface area contributed by atoms with E-state index in [9.17, 15) is 0 Å². The monoisotopic (exact) mass is 258 g/mol. The summed E-state index contributed by atoms with van der Waals surface area (Å²) in [4.78, 5) is 8.64. The predicted octanol–water partition coefficient (Wildman–Crippen LogP) is 2.90. The molecule has 0 aliphatic rings. The van der Waals surface area contributed by atoms with Crippen LogP contribution in [0.1, 0.15) is 19.5 Å². The second-order valence-corrected chi connectivity index (χ2v) is 4.58. The highest BCUT2D eigenvalue weighted by atomic mass is 16.5. The zero-order valence-electron chi connectivity index (χ0n) is 11.3.